The molecule has 2 saturated heterocycles. The third kappa shape index (κ3) is 11.9. The number of methoxy groups -OCH3 is 1. The summed E-state index contributed by atoms with van der Waals surface area (Å²) in [4.78, 5) is 40.5. The molecule has 2 aromatic heterocycles. The maximum absolute atomic E-state index is 14.1. The first-order valence-corrected chi connectivity index (χ1v) is 30.3. The number of nitro benzene ring substituents is 1. The number of sulfonamides is 1. The zero-order valence-electron chi connectivity index (χ0n) is 44.9. The van der Waals surface area contributed by atoms with Crippen molar-refractivity contribution in [2.24, 2.45) is 11.3 Å². The van der Waals surface area contributed by atoms with E-state index in [-0.39, 0.29) is 39.3 Å². The van der Waals surface area contributed by atoms with E-state index in [4.69, 9.17) is 9.47 Å². The number of H-pyrrole nitrogens is 1. The highest BCUT2D eigenvalue weighted by Gasteiger charge is 2.50. The second-order valence-corrected chi connectivity index (χ2v) is 26.3. The summed E-state index contributed by atoms with van der Waals surface area (Å²) in [7, 11) is -6.55. The number of nitrogens with zero attached hydrogens (tertiary/aromatic N) is 5. The van der Waals surface area contributed by atoms with Gasteiger partial charge in [0.05, 0.1) is 34.3 Å². The van der Waals surface area contributed by atoms with E-state index in [1.165, 1.54) is 42.8 Å². The van der Waals surface area contributed by atoms with Gasteiger partial charge in [0.25, 0.3) is 21.6 Å². The first-order valence-electron chi connectivity index (χ1n) is 26.9. The number of rotatable bonds is 17. The van der Waals surface area contributed by atoms with Crippen molar-refractivity contribution in [3.63, 3.8) is 0 Å². The van der Waals surface area contributed by atoms with Crippen molar-refractivity contribution in [1.29, 1.82) is 0 Å². The van der Waals surface area contributed by atoms with E-state index in [0.717, 1.165) is 94.0 Å². The van der Waals surface area contributed by atoms with Gasteiger partial charge in [-0.05, 0) is 141 Å². The van der Waals surface area contributed by atoms with Crippen LogP contribution in [0.2, 0.25) is 0 Å². The zero-order valence-corrected chi connectivity index (χ0v) is 46.5. The van der Waals surface area contributed by atoms with E-state index in [0.29, 0.717) is 55.0 Å². The number of carbonyl (C=O) groups is 1. The quantitative estimate of drug-likeness (QED) is 0.0492. The molecule has 2 aliphatic heterocycles. The minimum atomic E-state index is -4.61. The Balaban J connectivity index is 0.831. The average Bonchev–Trinajstić information content (AvgIpc) is 4.01. The van der Waals surface area contributed by atoms with Crippen LogP contribution in [0.4, 0.5) is 17.1 Å². The fourth-order valence-electron chi connectivity index (χ4n) is 12.3. The Kier molecular flexibility index (Phi) is 15.4. The van der Waals surface area contributed by atoms with Gasteiger partial charge in [-0.1, -0.05) is 44.2 Å². The lowest BCUT2D eigenvalue weighted by molar-refractivity contribution is -0.384. The molecule has 4 aromatic carbocycles. The van der Waals surface area contributed by atoms with E-state index < -0.39 is 46.9 Å². The van der Waals surface area contributed by atoms with Crippen LogP contribution in [0.1, 0.15) is 111 Å². The van der Waals surface area contributed by atoms with Gasteiger partial charge in [0, 0.05) is 93.6 Å². The SMILES string of the molecule is COc1cc(CN2CCN(C3CC4(CCN(c5ccc(C(=O)NS(=O)(=O)c6ccc(NC[C@H]7CC[C@](C)(O)CC7)c([N+](=O)[O-])c6)c(Oc6cnc7[nH]ccc7c6)c5)CC4)C3)C(c3ccccc3C(C)C)C2)ccc1S(C)(=O)=O. The van der Waals surface area contributed by atoms with Gasteiger partial charge in [0.2, 0.25) is 0 Å². The molecule has 4 heterocycles. The number of benzene rings is 4. The maximum atomic E-state index is 14.1. The summed E-state index contributed by atoms with van der Waals surface area (Å²) >= 11 is 0. The molecule has 414 valence electrons. The van der Waals surface area contributed by atoms with Crippen LogP contribution in [-0.4, -0.2) is 117 Å². The highest BCUT2D eigenvalue weighted by molar-refractivity contribution is 7.91. The Morgan fingerprint density at radius 1 is 0.923 bits per heavy atom. The van der Waals surface area contributed by atoms with Crippen LogP contribution >= 0.6 is 0 Å². The number of piperidine rings is 1. The smallest absolute Gasteiger partial charge is 0.293 e. The third-order valence-electron chi connectivity index (χ3n) is 16.8. The third-order valence-corrected chi connectivity index (χ3v) is 19.3. The number of piperazine rings is 1. The topological polar surface area (TPSA) is 230 Å². The summed E-state index contributed by atoms with van der Waals surface area (Å²) in [5, 5.41) is 26.5. The minimum absolute atomic E-state index is 0.0516. The molecule has 1 atom stereocenters. The molecule has 2 aliphatic carbocycles. The lowest BCUT2D eigenvalue weighted by Crippen LogP contribution is -2.60. The van der Waals surface area contributed by atoms with Gasteiger partial charge in [-0.25, -0.2) is 26.5 Å². The number of fused-ring (bicyclic) bond motifs is 1. The van der Waals surface area contributed by atoms with Crippen molar-refractivity contribution in [3.8, 4) is 17.2 Å². The summed E-state index contributed by atoms with van der Waals surface area (Å²) in [5.74, 6) is 0.382. The monoisotopic (exact) mass is 1100 g/mol. The fourth-order valence-corrected chi connectivity index (χ4v) is 14.1. The summed E-state index contributed by atoms with van der Waals surface area (Å²) in [6.45, 7) is 11.5. The molecule has 4 aliphatic rings. The molecular formula is C58H70N8O10S2. The molecule has 0 radical (unpaired) electrons. The van der Waals surface area contributed by atoms with Gasteiger partial charge >= 0.3 is 0 Å². The van der Waals surface area contributed by atoms with Gasteiger partial charge in [-0.2, -0.15) is 0 Å². The standard InChI is InChI=1S/C58H70N8O10S2/c1-38(2)46-8-6-7-9-47(46)51-37-63(36-40-10-15-54(77(5,71)72)53(28-40)75-4)26-27-65(51)43-32-58(33-43)21-24-64(25-22-58)42-11-13-48(52(30-42)76-44-29-41-18-23-59-55(41)61-35-44)56(67)62-78(73,74)45-12-14-49(50(31-45)66(69)70)60-34-39-16-19-57(3,68)20-17-39/h6-15,18,23,28-31,35,38-39,43,51,60,68H,16-17,19-22,24-27,32-34,36-37H2,1-5H3,(H,59,61)(H,62,67)/t39-,51?,57-. The number of pyridine rings is 1. The molecule has 1 amide bonds. The summed E-state index contributed by atoms with van der Waals surface area (Å²) in [5.41, 5.74) is 4.27. The summed E-state index contributed by atoms with van der Waals surface area (Å²) < 4.78 is 66.7. The molecule has 4 fully saturated rings. The Labute approximate surface area is 456 Å². The van der Waals surface area contributed by atoms with Crippen LogP contribution in [0.15, 0.2) is 113 Å². The van der Waals surface area contributed by atoms with Crippen molar-refractivity contribution >= 4 is 53.9 Å². The number of aliphatic hydroxyl groups is 1. The second-order valence-electron chi connectivity index (χ2n) is 22.6. The van der Waals surface area contributed by atoms with Crippen molar-refractivity contribution in [2.75, 3.05) is 62.9 Å². The number of aromatic nitrogens is 2. The predicted octanol–water partition coefficient (Wildman–Crippen LogP) is 9.58. The van der Waals surface area contributed by atoms with Crippen LogP contribution < -0.4 is 24.4 Å². The van der Waals surface area contributed by atoms with E-state index in [2.05, 4.69) is 72.8 Å². The first kappa shape index (κ1) is 54.8. The Morgan fingerprint density at radius 2 is 1.68 bits per heavy atom. The van der Waals surface area contributed by atoms with E-state index in [9.17, 15) is 36.9 Å². The Bertz CT molecular complexity index is 3430. The van der Waals surface area contributed by atoms with E-state index in [1.54, 1.807) is 43.5 Å². The number of nitrogens with one attached hydrogen (secondary N) is 3. The van der Waals surface area contributed by atoms with Crippen LogP contribution in [0, 0.1) is 21.4 Å². The molecule has 2 saturated carbocycles. The molecule has 6 aromatic rings. The molecule has 20 heteroatoms. The molecule has 78 heavy (non-hydrogen) atoms. The highest BCUT2D eigenvalue weighted by Crippen LogP contribution is 2.53. The van der Waals surface area contributed by atoms with E-state index >= 15 is 0 Å². The molecule has 0 bridgehead atoms. The number of anilines is 2. The summed E-state index contributed by atoms with van der Waals surface area (Å²) in [6, 6.07) is 27.0. The molecule has 18 nitrogen and oxygen atoms in total. The van der Waals surface area contributed by atoms with E-state index in [1.807, 2.05) is 18.2 Å². The largest absolute Gasteiger partial charge is 0.495 e. The number of amides is 1. The Hall–Kier alpha value is -6.58. The molecule has 10 rings (SSSR count). The Morgan fingerprint density at radius 3 is 2.40 bits per heavy atom. The highest BCUT2D eigenvalue weighted by atomic mass is 32.2. The lowest BCUT2D eigenvalue weighted by atomic mass is 9.59. The van der Waals surface area contributed by atoms with Crippen molar-refractivity contribution in [2.45, 2.75) is 112 Å². The van der Waals surface area contributed by atoms with Crippen LogP contribution in [-0.2, 0) is 26.4 Å². The number of ether oxygens (including phenoxy) is 2. The van der Waals surface area contributed by atoms with Crippen LogP contribution in [0.3, 0.4) is 0 Å². The fraction of sp³-hybridized carbons (Fsp3) is 0.448. The minimum Gasteiger partial charge on any atom is -0.495 e. The van der Waals surface area contributed by atoms with Gasteiger partial charge < -0.3 is 29.8 Å². The summed E-state index contributed by atoms with van der Waals surface area (Å²) in [6.07, 6.45) is 11.3. The van der Waals surface area contributed by atoms with Crippen molar-refractivity contribution < 1.29 is 41.1 Å². The number of aromatic amines is 1. The van der Waals surface area contributed by atoms with Gasteiger partial charge in [-0.15, -0.1) is 0 Å². The number of nitro groups is 1. The number of hydrogen-bond acceptors (Lipinski definition) is 15. The van der Waals surface area contributed by atoms with Crippen molar-refractivity contribution in [3.05, 3.63) is 136 Å². The molecule has 1 unspecified atom stereocenters. The molecule has 4 N–H and O–H groups in total. The number of carbonyl (C=O) groups excluding carboxylic acids is 1. The molecule has 1 spiro atoms. The number of hydrogen-bond donors (Lipinski definition) is 4. The zero-order chi connectivity index (χ0) is 55.1. The second kappa shape index (κ2) is 21.9. The maximum Gasteiger partial charge on any atom is 0.293 e. The average molecular weight is 1100 g/mol. The van der Waals surface area contributed by atoms with Crippen LogP contribution in [0.5, 0.6) is 17.2 Å². The normalized spacial score (nSPS) is 21.3. The van der Waals surface area contributed by atoms with Gasteiger partial charge in [0.15, 0.2) is 9.84 Å². The number of sulfone groups is 1. The predicted molar refractivity (Wildman–Crippen MR) is 300 cm³/mol. The lowest BCUT2D eigenvalue weighted by Gasteiger charge is -2.58. The van der Waals surface area contributed by atoms with Crippen molar-refractivity contribution in [1.82, 2.24) is 24.5 Å². The van der Waals surface area contributed by atoms with Gasteiger partial charge in [0.1, 0.15) is 33.5 Å². The first-order chi connectivity index (χ1) is 37.2. The van der Waals surface area contributed by atoms with Gasteiger partial charge in [-0.3, -0.25) is 24.7 Å². The van der Waals surface area contributed by atoms with Crippen LogP contribution in [0.25, 0.3) is 11.0 Å². The molecular weight excluding hydrogens is 1030 g/mol.